The number of hydrogen-bond acceptors (Lipinski definition) is 2. The monoisotopic (exact) mass is 255 g/mol. The van der Waals surface area contributed by atoms with E-state index in [-0.39, 0.29) is 4.87 Å². The fourth-order valence-corrected chi connectivity index (χ4v) is 3.82. The molecule has 1 unspecified atom stereocenters. The smallest absolute Gasteiger partial charge is 0.113 e. The Kier molecular flexibility index (Phi) is 2.63. The number of thioether (sulfide) groups is 1. The molecule has 0 N–H and O–H groups in total. The zero-order valence-electron chi connectivity index (χ0n) is 11.0. The highest BCUT2D eigenvalue weighted by Gasteiger charge is 2.39. The molecule has 0 aromatic heterocycles. The second-order valence-corrected chi connectivity index (χ2v) is 6.42. The normalized spacial score (nSPS) is 22.1. The van der Waals surface area contributed by atoms with Gasteiger partial charge in [0.1, 0.15) is 4.87 Å². The van der Waals surface area contributed by atoms with E-state index in [2.05, 4.69) is 74.3 Å². The standard InChI is InChI=1S/C16H17NS/c1-12-8-10-13(11-9-12)16(2)17(3)14-6-4-5-7-15(14)18-16/h4-11H,1-3H3. The van der Waals surface area contributed by atoms with Crippen molar-refractivity contribution in [2.24, 2.45) is 0 Å². The van der Waals surface area contributed by atoms with Crippen LogP contribution in [0.15, 0.2) is 53.4 Å². The molecule has 92 valence electrons. The van der Waals surface area contributed by atoms with Gasteiger partial charge in [0.05, 0.1) is 5.69 Å². The molecule has 0 amide bonds. The van der Waals surface area contributed by atoms with E-state index in [1.54, 1.807) is 0 Å². The molecule has 0 aliphatic carbocycles. The maximum atomic E-state index is 2.37. The molecule has 1 atom stereocenters. The van der Waals surface area contributed by atoms with Gasteiger partial charge in [0.2, 0.25) is 0 Å². The molecule has 2 heteroatoms. The molecule has 1 aliphatic heterocycles. The van der Waals surface area contributed by atoms with Crippen LogP contribution in [0.25, 0.3) is 0 Å². The first-order valence-corrected chi connectivity index (χ1v) is 7.02. The predicted octanol–water partition coefficient (Wildman–Crippen LogP) is 4.41. The van der Waals surface area contributed by atoms with E-state index in [1.807, 2.05) is 11.8 Å². The van der Waals surface area contributed by atoms with Crippen molar-refractivity contribution in [2.45, 2.75) is 23.6 Å². The lowest BCUT2D eigenvalue weighted by atomic mass is 10.0. The summed E-state index contributed by atoms with van der Waals surface area (Å²) < 4.78 is 0. The van der Waals surface area contributed by atoms with Gasteiger partial charge in [-0.2, -0.15) is 0 Å². The molecule has 0 fully saturated rings. The van der Waals surface area contributed by atoms with Crippen LogP contribution in [0.4, 0.5) is 5.69 Å². The maximum Gasteiger partial charge on any atom is 0.113 e. The molecule has 2 aromatic rings. The average Bonchev–Trinajstić information content (AvgIpc) is 2.64. The quantitative estimate of drug-likeness (QED) is 0.742. The molecular weight excluding hydrogens is 238 g/mol. The van der Waals surface area contributed by atoms with Crippen molar-refractivity contribution in [2.75, 3.05) is 11.9 Å². The molecule has 2 aromatic carbocycles. The summed E-state index contributed by atoms with van der Waals surface area (Å²) in [4.78, 5) is 3.73. The van der Waals surface area contributed by atoms with E-state index in [0.717, 1.165) is 0 Å². The highest BCUT2D eigenvalue weighted by atomic mass is 32.2. The van der Waals surface area contributed by atoms with Crippen LogP contribution in [0.1, 0.15) is 18.1 Å². The van der Waals surface area contributed by atoms with Gasteiger partial charge in [-0.25, -0.2) is 0 Å². The first kappa shape index (κ1) is 11.7. The first-order valence-electron chi connectivity index (χ1n) is 6.20. The van der Waals surface area contributed by atoms with Gasteiger partial charge < -0.3 is 4.90 Å². The molecule has 1 aliphatic rings. The SMILES string of the molecule is Cc1ccc(C2(C)Sc3ccccc3N2C)cc1. The van der Waals surface area contributed by atoms with Crippen molar-refractivity contribution in [3.63, 3.8) is 0 Å². The summed E-state index contributed by atoms with van der Waals surface area (Å²) in [6.07, 6.45) is 0. The van der Waals surface area contributed by atoms with Crippen LogP contribution in [-0.2, 0) is 4.87 Å². The first-order chi connectivity index (χ1) is 8.61. The predicted molar refractivity (Wildman–Crippen MR) is 79.2 cm³/mol. The summed E-state index contributed by atoms with van der Waals surface area (Å²) in [6.45, 7) is 4.43. The molecular formula is C16H17NS. The summed E-state index contributed by atoms with van der Waals surface area (Å²) in [5.74, 6) is 0. The minimum Gasteiger partial charge on any atom is -0.355 e. The lowest BCUT2D eigenvalue weighted by Gasteiger charge is -2.33. The number of para-hydroxylation sites is 1. The lowest BCUT2D eigenvalue weighted by molar-refractivity contribution is 0.685. The highest BCUT2D eigenvalue weighted by molar-refractivity contribution is 8.00. The van der Waals surface area contributed by atoms with Crippen molar-refractivity contribution in [1.29, 1.82) is 0 Å². The molecule has 0 spiro atoms. The van der Waals surface area contributed by atoms with Crippen LogP contribution in [0.5, 0.6) is 0 Å². The van der Waals surface area contributed by atoms with Crippen LogP contribution in [0.3, 0.4) is 0 Å². The molecule has 3 rings (SSSR count). The van der Waals surface area contributed by atoms with Gasteiger partial charge in [0.25, 0.3) is 0 Å². The number of aryl methyl sites for hydroxylation is 1. The lowest BCUT2D eigenvalue weighted by Crippen LogP contribution is -2.34. The van der Waals surface area contributed by atoms with Crippen molar-refractivity contribution in [3.8, 4) is 0 Å². The summed E-state index contributed by atoms with van der Waals surface area (Å²) in [5, 5.41) is 0. The average molecular weight is 255 g/mol. The van der Waals surface area contributed by atoms with Gasteiger partial charge in [-0.1, -0.05) is 53.7 Å². The van der Waals surface area contributed by atoms with E-state index >= 15 is 0 Å². The minimum atomic E-state index is -0.00259. The van der Waals surface area contributed by atoms with Crippen molar-refractivity contribution in [3.05, 3.63) is 59.7 Å². The van der Waals surface area contributed by atoms with Crippen LogP contribution in [0, 0.1) is 6.92 Å². The zero-order valence-corrected chi connectivity index (χ0v) is 11.8. The number of nitrogens with zero attached hydrogens (tertiary/aromatic N) is 1. The molecule has 1 nitrogen and oxygen atoms in total. The Labute approximate surface area is 113 Å². The Bertz CT molecular complexity index is 576. The zero-order chi connectivity index (χ0) is 12.8. The number of rotatable bonds is 1. The summed E-state index contributed by atoms with van der Waals surface area (Å²) in [7, 11) is 2.18. The van der Waals surface area contributed by atoms with Crippen LogP contribution >= 0.6 is 11.8 Å². The summed E-state index contributed by atoms with van der Waals surface area (Å²) in [6, 6.07) is 17.5. The topological polar surface area (TPSA) is 3.24 Å². The van der Waals surface area contributed by atoms with Crippen molar-refractivity contribution in [1.82, 2.24) is 0 Å². The molecule has 0 saturated carbocycles. The van der Waals surface area contributed by atoms with E-state index in [1.165, 1.54) is 21.7 Å². The van der Waals surface area contributed by atoms with Gasteiger partial charge in [-0.05, 0) is 31.5 Å². The second kappa shape index (κ2) is 4.06. The van der Waals surface area contributed by atoms with Gasteiger partial charge in [-0.3, -0.25) is 0 Å². The van der Waals surface area contributed by atoms with Gasteiger partial charge in [0, 0.05) is 11.9 Å². The fourth-order valence-electron chi connectivity index (χ4n) is 2.45. The minimum absolute atomic E-state index is 0.00259. The van der Waals surface area contributed by atoms with E-state index in [9.17, 15) is 0 Å². The molecule has 1 heterocycles. The highest BCUT2D eigenvalue weighted by Crippen LogP contribution is 2.54. The molecule has 0 radical (unpaired) electrons. The van der Waals surface area contributed by atoms with E-state index in [0.29, 0.717) is 0 Å². The van der Waals surface area contributed by atoms with Gasteiger partial charge in [0.15, 0.2) is 0 Å². The largest absolute Gasteiger partial charge is 0.355 e. The van der Waals surface area contributed by atoms with Crippen LogP contribution in [0.2, 0.25) is 0 Å². The summed E-state index contributed by atoms with van der Waals surface area (Å²) >= 11 is 1.93. The Morgan fingerprint density at radius 3 is 2.33 bits per heavy atom. The third-order valence-corrected chi connectivity index (χ3v) is 5.23. The van der Waals surface area contributed by atoms with E-state index < -0.39 is 0 Å². The molecule has 0 saturated heterocycles. The van der Waals surface area contributed by atoms with Crippen LogP contribution < -0.4 is 4.90 Å². The molecule has 18 heavy (non-hydrogen) atoms. The Balaban J connectivity index is 2.06. The molecule has 0 bridgehead atoms. The summed E-state index contributed by atoms with van der Waals surface area (Å²) in [5.41, 5.74) is 3.99. The van der Waals surface area contributed by atoms with Crippen molar-refractivity contribution >= 4 is 17.4 Å². The van der Waals surface area contributed by atoms with Crippen molar-refractivity contribution < 1.29 is 0 Å². The third-order valence-electron chi connectivity index (χ3n) is 3.76. The van der Waals surface area contributed by atoms with Gasteiger partial charge >= 0.3 is 0 Å². The second-order valence-electron chi connectivity index (χ2n) is 4.98. The number of benzene rings is 2. The van der Waals surface area contributed by atoms with Crippen LogP contribution in [-0.4, -0.2) is 7.05 Å². The van der Waals surface area contributed by atoms with E-state index in [4.69, 9.17) is 0 Å². The number of hydrogen-bond donors (Lipinski definition) is 0. The third kappa shape index (κ3) is 1.64. The Morgan fingerprint density at radius 1 is 1.00 bits per heavy atom. The number of fused-ring (bicyclic) bond motifs is 1. The van der Waals surface area contributed by atoms with Gasteiger partial charge in [-0.15, -0.1) is 0 Å². The Morgan fingerprint density at radius 2 is 1.67 bits per heavy atom. The fraction of sp³-hybridized carbons (Fsp3) is 0.250. The maximum absolute atomic E-state index is 2.37. The number of anilines is 1. The Hall–Kier alpha value is -1.41.